The van der Waals surface area contributed by atoms with Crippen LogP contribution in [0.1, 0.15) is 23.0 Å². The van der Waals surface area contributed by atoms with Crippen molar-refractivity contribution in [1.29, 1.82) is 0 Å². The average molecular weight is 298 g/mol. The van der Waals surface area contributed by atoms with E-state index in [2.05, 4.69) is 10.1 Å². The maximum Gasteiger partial charge on any atom is 0.343 e. The molecule has 0 radical (unpaired) electrons. The average Bonchev–Trinajstić information content (AvgIpc) is 2.89. The first-order chi connectivity index (χ1) is 10.7. The van der Waals surface area contributed by atoms with E-state index in [1.54, 1.807) is 43.5 Å². The number of rotatable bonds is 4. The van der Waals surface area contributed by atoms with Gasteiger partial charge in [-0.15, -0.1) is 0 Å². The molecule has 3 rings (SSSR count). The van der Waals surface area contributed by atoms with Crippen molar-refractivity contribution >= 4 is 16.9 Å². The number of carbonyl (C=O) groups excluding carboxylic acids is 1. The molecule has 0 bridgehead atoms. The summed E-state index contributed by atoms with van der Waals surface area (Å²) in [4.78, 5) is 16.0. The standard InChI is InChI=1S/C16H14N2O4/c1-3-20-16(19)12-5-4-8-17-15(12)21-11-6-7-14-13(9-11)10(2)18-22-14/h4-9H,3H2,1-2H3. The minimum Gasteiger partial charge on any atom is -0.462 e. The van der Waals surface area contributed by atoms with Crippen molar-refractivity contribution in [3.8, 4) is 11.6 Å². The summed E-state index contributed by atoms with van der Waals surface area (Å²) in [7, 11) is 0. The SMILES string of the molecule is CCOC(=O)c1cccnc1Oc1ccc2onc(C)c2c1. The molecule has 2 heterocycles. The third-order valence-electron chi connectivity index (χ3n) is 3.10. The molecule has 0 amide bonds. The van der Waals surface area contributed by atoms with Crippen LogP contribution in [0.15, 0.2) is 41.1 Å². The molecule has 6 heteroatoms. The molecule has 0 fully saturated rings. The Hall–Kier alpha value is -2.89. The molecule has 0 saturated heterocycles. The van der Waals surface area contributed by atoms with Gasteiger partial charge in [0, 0.05) is 11.6 Å². The third kappa shape index (κ3) is 2.63. The van der Waals surface area contributed by atoms with Gasteiger partial charge in [0.05, 0.1) is 12.3 Å². The predicted molar refractivity (Wildman–Crippen MR) is 79.0 cm³/mol. The summed E-state index contributed by atoms with van der Waals surface area (Å²) < 4.78 is 15.9. The Morgan fingerprint density at radius 2 is 2.18 bits per heavy atom. The summed E-state index contributed by atoms with van der Waals surface area (Å²) in [5.74, 6) is 0.283. The van der Waals surface area contributed by atoms with Crippen LogP contribution in [0.25, 0.3) is 11.0 Å². The number of hydrogen-bond acceptors (Lipinski definition) is 6. The van der Waals surface area contributed by atoms with Crippen molar-refractivity contribution in [2.24, 2.45) is 0 Å². The van der Waals surface area contributed by atoms with Gasteiger partial charge in [0.2, 0.25) is 5.88 Å². The van der Waals surface area contributed by atoms with Gasteiger partial charge in [-0.25, -0.2) is 9.78 Å². The van der Waals surface area contributed by atoms with Crippen LogP contribution in [-0.4, -0.2) is 22.7 Å². The highest BCUT2D eigenvalue weighted by molar-refractivity contribution is 5.92. The quantitative estimate of drug-likeness (QED) is 0.686. The molecule has 2 aromatic heterocycles. The highest BCUT2D eigenvalue weighted by atomic mass is 16.5. The fraction of sp³-hybridized carbons (Fsp3) is 0.188. The molecular weight excluding hydrogens is 284 g/mol. The second-order valence-electron chi connectivity index (χ2n) is 4.60. The van der Waals surface area contributed by atoms with Gasteiger partial charge in [-0.2, -0.15) is 0 Å². The summed E-state index contributed by atoms with van der Waals surface area (Å²) in [6.45, 7) is 3.89. The van der Waals surface area contributed by atoms with E-state index in [0.29, 0.717) is 17.9 Å². The lowest BCUT2D eigenvalue weighted by atomic mass is 10.2. The van der Waals surface area contributed by atoms with Gasteiger partial charge >= 0.3 is 5.97 Å². The molecule has 0 spiro atoms. The number of aromatic nitrogens is 2. The van der Waals surface area contributed by atoms with Crippen molar-refractivity contribution in [2.75, 3.05) is 6.61 Å². The van der Waals surface area contributed by atoms with Crippen molar-refractivity contribution in [1.82, 2.24) is 10.1 Å². The van der Waals surface area contributed by atoms with E-state index in [0.717, 1.165) is 11.1 Å². The first-order valence-electron chi connectivity index (χ1n) is 6.85. The molecule has 0 aliphatic heterocycles. The monoisotopic (exact) mass is 298 g/mol. The first-order valence-corrected chi connectivity index (χ1v) is 6.85. The second kappa shape index (κ2) is 5.85. The zero-order valence-corrected chi connectivity index (χ0v) is 12.2. The zero-order valence-electron chi connectivity index (χ0n) is 12.2. The zero-order chi connectivity index (χ0) is 15.5. The van der Waals surface area contributed by atoms with Gasteiger partial charge in [-0.05, 0) is 44.2 Å². The summed E-state index contributed by atoms with van der Waals surface area (Å²) >= 11 is 0. The number of pyridine rings is 1. The molecule has 0 N–H and O–H groups in total. The fourth-order valence-corrected chi connectivity index (χ4v) is 2.05. The number of nitrogens with zero attached hydrogens (tertiary/aromatic N) is 2. The highest BCUT2D eigenvalue weighted by Crippen LogP contribution is 2.28. The van der Waals surface area contributed by atoms with Crippen LogP contribution in [0.3, 0.4) is 0 Å². The molecule has 6 nitrogen and oxygen atoms in total. The lowest BCUT2D eigenvalue weighted by Crippen LogP contribution is -2.07. The molecule has 0 aliphatic carbocycles. The normalized spacial score (nSPS) is 10.6. The Bertz CT molecular complexity index is 826. The largest absolute Gasteiger partial charge is 0.462 e. The van der Waals surface area contributed by atoms with Gasteiger partial charge in [0.1, 0.15) is 11.3 Å². The van der Waals surface area contributed by atoms with Gasteiger partial charge in [-0.3, -0.25) is 0 Å². The molecule has 0 aliphatic rings. The van der Waals surface area contributed by atoms with E-state index >= 15 is 0 Å². The summed E-state index contributed by atoms with van der Waals surface area (Å²) in [6, 6.07) is 8.56. The number of aryl methyl sites for hydroxylation is 1. The minimum absolute atomic E-state index is 0.203. The Labute approximate surface area is 126 Å². The number of hydrogen-bond donors (Lipinski definition) is 0. The molecule has 0 unspecified atom stereocenters. The maximum absolute atomic E-state index is 11.9. The lowest BCUT2D eigenvalue weighted by Gasteiger charge is -2.09. The van der Waals surface area contributed by atoms with Crippen molar-refractivity contribution in [3.05, 3.63) is 47.8 Å². The van der Waals surface area contributed by atoms with Gasteiger partial charge in [0.15, 0.2) is 5.58 Å². The van der Waals surface area contributed by atoms with Crippen LogP contribution in [0.5, 0.6) is 11.6 Å². The van der Waals surface area contributed by atoms with Crippen LogP contribution in [0, 0.1) is 6.92 Å². The predicted octanol–water partition coefficient (Wildman–Crippen LogP) is 3.50. The number of esters is 1. The van der Waals surface area contributed by atoms with E-state index in [1.807, 2.05) is 6.92 Å². The Morgan fingerprint density at radius 3 is 3.00 bits per heavy atom. The molecule has 0 saturated carbocycles. The van der Waals surface area contributed by atoms with Gasteiger partial charge in [0.25, 0.3) is 0 Å². The van der Waals surface area contributed by atoms with E-state index in [4.69, 9.17) is 14.0 Å². The minimum atomic E-state index is -0.465. The second-order valence-corrected chi connectivity index (χ2v) is 4.60. The number of ether oxygens (including phenoxy) is 2. The van der Waals surface area contributed by atoms with Gasteiger partial charge < -0.3 is 14.0 Å². The topological polar surface area (TPSA) is 74.5 Å². The van der Waals surface area contributed by atoms with E-state index in [9.17, 15) is 4.79 Å². The molecular formula is C16H14N2O4. The van der Waals surface area contributed by atoms with Gasteiger partial charge in [-0.1, -0.05) is 5.16 Å². The van der Waals surface area contributed by atoms with Crippen molar-refractivity contribution < 1.29 is 18.8 Å². The van der Waals surface area contributed by atoms with Crippen LogP contribution in [-0.2, 0) is 4.74 Å². The summed E-state index contributed by atoms with van der Waals surface area (Å²) in [5, 5.41) is 4.75. The van der Waals surface area contributed by atoms with Crippen LogP contribution >= 0.6 is 0 Å². The number of benzene rings is 1. The maximum atomic E-state index is 11.9. The van der Waals surface area contributed by atoms with Crippen LogP contribution in [0.2, 0.25) is 0 Å². The molecule has 22 heavy (non-hydrogen) atoms. The fourth-order valence-electron chi connectivity index (χ4n) is 2.05. The van der Waals surface area contributed by atoms with E-state index in [-0.39, 0.29) is 11.4 Å². The van der Waals surface area contributed by atoms with Crippen molar-refractivity contribution in [2.45, 2.75) is 13.8 Å². The smallest absolute Gasteiger partial charge is 0.343 e. The number of fused-ring (bicyclic) bond motifs is 1. The Kier molecular flexibility index (Phi) is 3.74. The highest BCUT2D eigenvalue weighted by Gasteiger charge is 2.16. The first kappa shape index (κ1) is 14.1. The van der Waals surface area contributed by atoms with Crippen molar-refractivity contribution in [3.63, 3.8) is 0 Å². The van der Waals surface area contributed by atoms with E-state index < -0.39 is 5.97 Å². The molecule has 0 atom stereocenters. The Morgan fingerprint density at radius 1 is 1.32 bits per heavy atom. The van der Waals surface area contributed by atoms with Crippen LogP contribution < -0.4 is 4.74 Å². The van der Waals surface area contributed by atoms with Crippen LogP contribution in [0.4, 0.5) is 0 Å². The summed E-state index contributed by atoms with van der Waals surface area (Å²) in [6.07, 6.45) is 1.56. The van der Waals surface area contributed by atoms with E-state index in [1.165, 1.54) is 0 Å². The summed E-state index contributed by atoms with van der Waals surface area (Å²) in [5.41, 5.74) is 1.73. The molecule has 3 aromatic rings. The lowest BCUT2D eigenvalue weighted by molar-refractivity contribution is 0.0522. The number of carbonyl (C=O) groups is 1. The molecule has 1 aromatic carbocycles. The molecule has 112 valence electrons. The third-order valence-corrected chi connectivity index (χ3v) is 3.10. The Balaban J connectivity index is 1.94.